The zero-order valence-electron chi connectivity index (χ0n) is 13.0. The van der Waals surface area contributed by atoms with Gasteiger partial charge in [0.15, 0.2) is 0 Å². The molecule has 7 heteroatoms. The molecule has 0 radical (unpaired) electrons. The van der Waals surface area contributed by atoms with E-state index in [0.717, 1.165) is 32.2 Å². The number of aliphatic hydroxyl groups is 1. The second kappa shape index (κ2) is 6.34. The zero-order chi connectivity index (χ0) is 15.6. The monoisotopic (exact) mass is 308 g/mol. The van der Waals surface area contributed by atoms with Crippen LogP contribution in [0.3, 0.4) is 0 Å². The van der Waals surface area contributed by atoms with Crippen LogP contribution in [0.2, 0.25) is 0 Å². The molecule has 0 bridgehead atoms. The predicted molar refractivity (Wildman–Crippen MR) is 79.0 cm³/mol. The van der Waals surface area contributed by atoms with Crippen molar-refractivity contribution in [1.29, 1.82) is 0 Å². The van der Waals surface area contributed by atoms with Crippen LogP contribution >= 0.6 is 0 Å². The van der Waals surface area contributed by atoms with E-state index in [-0.39, 0.29) is 23.7 Å². The number of aryl methyl sites for hydroxylation is 1. The van der Waals surface area contributed by atoms with E-state index in [4.69, 9.17) is 4.74 Å². The van der Waals surface area contributed by atoms with Crippen LogP contribution in [0.1, 0.15) is 38.5 Å². The van der Waals surface area contributed by atoms with Crippen LogP contribution < -0.4 is 0 Å². The maximum absolute atomic E-state index is 12.5. The number of hydrogen-bond donors (Lipinski definition) is 1. The first-order valence-corrected chi connectivity index (χ1v) is 8.00. The summed E-state index contributed by atoms with van der Waals surface area (Å²) in [5.41, 5.74) is -0.249. The average Bonchev–Trinajstić information content (AvgIpc) is 3.15. The number of methoxy groups -OCH3 is 1. The highest BCUT2D eigenvalue weighted by atomic mass is 16.5. The van der Waals surface area contributed by atoms with Crippen molar-refractivity contribution in [3.63, 3.8) is 0 Å². The van der Waals surface area contributed by atoms with Crippen LogP contribution in [0.15, 0.2) is 12.7 Å². The topological polar surface area (TPSA) is 80.5 Å². The lowest BCUT2D eigenvalue weighted by atomic mass is 9.79. The molecule has 1 aliphatic carbocycles. The Hall–Kier alpha value is -1.47. The van der Waals surface area contributed by atoms with E-state index >= 15 is 0 Å². The summed E-state index contributed by atoms with van der Waals surface area (Å²) in [6.07, 6.45) is 7.17. The van der Waals surface area contributed by atoms with Gasteiger partial charge in [-0.25, -0.2) is 4.98 Å². The molecule has 1 aromatic heterocycles. The molecule has 22 heavy (non-hydrogen) atoms. The van der Waals surface area contributed by atoms with Gasteiger partial charge in [-0.15, -0.1) is 0 Å². The fourth-order valence-electron chi connectivity index (χ4n) is 3.86. The Morgan fingerprint density at radius 3 is 3.09 bits per heavy atom. The van der Waals surface area contributed by atoms with Crippen LogP contribution in [-0.2, 0) is 16.1 Å². The zero-order valence-corrected chi connectivity index (χ0v) is 13.0. The number of rotatable bonds is 5. The minimum Gasteiger partial charge on any atom is -0.393 e. The molecule has 1 saturated carbocycles. The van der Waals surface area contributed by atoms with Gasteiger partial charge in [-0.05, 0) is 32.1 Å². The lowest BCUT2D eigenvalue weighted by Gasteiger charge is -2.42. The number of nitrogens with zero attached hydrogens (tertiary/aromatic N) is 4. The SMILES string of the molecule is CO[C@@]12CC[C@@H](O)C[C@@H]1N(C(=O)CCCn1cncn1)CC2. The minimum atomic E-state index is -0.322. The Labute approximate surface area is 130 Å². The molecule has 0 spiro atoms. The predicted octanol–water partition coefficient (Wildman–Crippen LogP) is 0.589. The smallest absolute Gasteiger partial charge is 0.222 e. The van der Waals surface area contributed by atoms with Crippen LogP contribution in [0.25, 0.3) is 0 Å². The van der Waals surface area contributed by atoms with Crippen molar-refractivity contribution in [1.82, 2.24) is 19.7 Å². The molecule has 2 fully saturated rings. The molecule has 2 heterocycles. The summed E-state index contributed by atoms with van der Waals surface area (Å²) < 4.78 is 7.50. The van der Waals surface area contributed by atoms with E-state index in [9.17, 15) is 9.90 Å². The molecule has 1 amide bonds. The lowest BCUT2D eigenvalue weighted by Crippen LogP contribution is -2.52. The van der Waals surface area contributed by atoms with Crippen molar-refractivity contribution in [3.8, 4) is 0 Å². The van der Waals surface area contributed by atoms with Crippen molar-refractivity contribution in [2.45, 2.75) is 62.8 Å². The molecular formula is C15H24N4O3. The van der Waals surface area contributed by atoms with Gasteiger partial charge in [-0.2, -0.15) is 5.10 Å². The Bertz CT molecular complexity index is 507. The number of carbonyl (C=O) groups excluding carboxylic acids is 1. The van der Waals surface area contributed by atoms with Gasteiger partial charge in [0.05, 0.1) is 17.7 Å². The summed E-state index contributed by atoms with van der Waals surface area (Å²) in [5, 5.41) is 14.0. The number of fused-ring (bicyclic) bond motifs is 1. The lowest BCUT2D eigenvalue weighted by molar-refractivity contribution is -0.140. The summed E-state index contributed by atoms with van der Waals surface area (Å²) in [7, 11) is 1.73. The van der Waals surface area contributed by atoms with E-state index in [2.05, 4.69) is 10.1 Å². The van der Waals surface area contributed by atoms with Crippen molar-refractivity contribution in [2.24, 2.45) is 0 Å². The van der Waals surface area contributed by atoms with Crippen molar-refractivity contribution in [3.05, 3.63) is 12.7 Å². The molecule has 1 saturated heterocycles. The summed E-state index contributed by atoms with van der Waals surface area (Å²) >= 11 is 0. The van der Waals surface area contributed by atoms with Crippen LogP contribution in [0, 0.1) is 0 Å². The molecule has 3 rings (SSSR count). The fourth-order valence-corrected chi connectivity index (χ4v) is 3.86. The van der Waals surface area contributed by atoms with Crippen molar-refractivity contribution < 1.29 is 14.6 Å². The van der Waals surface area contributed by atoms with Crippen LogP contribution in [0.5, 0.6) is 0 Å². The third kappa shape index (κ3) is 2.87. The third-order valence-electron chi connectivity index (χ3n) is 5.13. The van der Waals surface area contributed by atoms with Crippen molar-refractivity contribution in [2.75, 3.05) is 13.7 Å². The molecule has 1 aliphatic heterocycles. The number of aliphatic hydroxyl groups excluding tert-OH is 1. The second-order valence-electron chi connectivity index (χ2n) is 6.31. The number of hydrogen-bond acceptors (Lipinski definition) is 5. The van der Waals surface area contributed by atoms with Gasteiger partial charge in [-0.1, -0.05) is 0 Å². The highest BCUT2D eigenvalue weighted by Crippen LogP contribution is 2.42. The van der Waals surface area contributed by atoms with Crippen molar-refractivity contribution >= 4 is 5.91 Å². The molecule has 1 N–H and O–H groups in total. The first-order chi connectivity index (χ1) is 10.6. The Balaban J connectivity index is 1.58. The number of ether oxygens (including phenoxy) is 1. The fraction of sp³-hybridized carbons (Fsp3) is 0.800. The quantitative estimate of drug-likeness (QED) is 0.861. The maximum atomic E-state index is 12.5. The Morgan fingerprint density at radius 1 is 1.50 bits per heavy atom. The third-order valence-corrected chi connectivity index (χ3v) is 5.13. The van der Waals surface area contributed by atoms with Gasteiger partial charge in [0.2, 0.25) is 5.91 Å². The number of amides is 1. The summed E-state index contributed by atoms with van der Waals surface area (Å²) in [4.78, 5) is 18.4. The summed E-state index contributed by atoms with van der Waals surface area (Å²) in [6.45, 7) is 1.43. The maximum Gasteiger partial charge on any atom is 0.222 e. The summed E-state index contributed by atoms with van der Waals surface area (Å²) in [6, 6.07) is 0.0140. The number of aromatic nitrogens is 3. The highest BCUT2D eigenvalue weighted by molar-refractivity contribution is 5.77. The number of likely N-dealkylation sites (tertiary alicyclic amines) is 1. The van der Waals surface area contributed by atoms with Crippen LogP contribution in [-0.4, -0.2) is 62.1 Å². The first kappa shape index (κ1) is 15.4. The van der Waals surface area contributed by atoms with Gasteiger partial charge in [0.1, 0.15) is 12.7 Å². The molecular weight excluding hydrogens is 284 g/mol. The molecule has 7 nitrogen and oxygen atoms in total. The first-order valence-electron chi connectivity index (χ1n) is 8.00. The molecule has 2 aliphatic rings. The van der Waals surface area contributed by atoms with E-state index < -0.39 is 0 Å². The van der Waals surface area contributed by atoms with Gasteiger partial charge in [0, 0.05) is 26.6 Å². The molecule has 0 aromatic carbocycles. The van der Waals surface area contributed by atoms with Gasteiger partial charge >= 0.3 is 0 Å². The molecule has 0 unspecified atom stereocenters. The summed E-state index contributed by atoms with van der Waals surface area (Å²) in [5.74, 6) is 0.151. The van der Waals surface area contributed by atoms with Crippen LogP contribution in [0.4, 0.5) is 0 Å². The van der Waals surface area contributed by atoms with E-state index in [1.165, 1.54) is 6.33 Å². The number of carbonyl (C=O) groups is 1. The standard InChI is InChI=1S/C15H24N4O3/c1-22-15-5-4-12(20)9-13(15)19(8-6-15)14(21)3-2-7-18-11-16-10-17-18/h10-13,20H,2-9H2,1H3/t12-,13+,15-/m1/s1. The molecule has 122 valence electrons. The van der Waals surface area contributed by atoms with Gasteiger partial charge in [-0.3, -0.25) is 9.48 Å². The highest BCUT2D eigenvalue weighted by Gasteiger charge is 2.52. The van der Waals surface area contributed by atoms with E-state index in [1.54, 1.807) is 18.1 Å². The second-order valence-corrected chi connectivity index (χ2v) is 6.31. The van der Waals surface area contributed by atoms with E-state index in [0.29, 0.717) is 19.4 Å². The molecule has 1 aromatic rings. The molecule has 3 atom stereocenters. The van der Waals surface area contributed by atoms with Gasteiger partial charge in [0.25, 0.3) is 0 Å². The van der Waals surface area contributed by atoms with Gasteiger partial charge < -0.3 is 14.7 Å². The van der Waals surface area contributed by atoms with E-state index in [1.807, 2.05) is 4.90 Å². The Morgan fingerprint density at radius 2 is 2.36 bits per heavy atom. The minimum absolute atomic E-state index is 0.0140. The average molecular weight is 308 g/mol. The Kier molecular flexibility index (Phi) is 4.44. The normalized spacial score (nSPS) is 31.3. The largest absolute Gasteiger partial charge is 0.393 e.